The normalized spacial score (nSPS) is 10.6. The maximum Gasteiger partial charge on any atom is 0.272 e. The number of halogens is 2. The number of aromatic nitrogens is 4. The number of benzene rings is 1. The second-order valence-corrected chi connectivity index (χ2v) is 4.67. The average molecular weight is 320 g/mol. The maximum atomic E-state index is 13.9. The molecule has 0 fully saturated rings. The summed E-state index contributed by atoms with van der Waals surface area (Å²) in [6.45, 7) is 0. The molecule has 3 aromatic rings. The fraction of sp³-hybridized carbons (Fsp3) is 0. The van der Waals surface area contributed by atoms with Crippen molar-refractivity contribution in [1.82, 2.24) is 20.0 Å². The fourth-order valence-electron chi connectivity index (χ4n) is 1.85. The molecule has 110 valence electrons. The predicted octanol–water partition coefficient (Wildman–Crippen LogP) is 3.03. The van der Waals surface area contributed by atoms with Crippen molar-refractivity contribution in [3.8, 4) is 17.1 Å². The maximum absolute atomic E-state index is 13.9. The Morgan fingerprint density at radius 3 is 2.73 bits per heavy atom. The topological polar surface area (TPSA) is 86.7 Å². The highest BCUT2D eigenvalue weighted by atomic mass is 35.5. The van der Waals surface area contributed by atoms with Crippen LogP contribution in [0.4, 0.5) is 10.1 Å². The summed E-state index contributed by atoms with van der Waals surface area (Å²) in [5, 5.41) is 18.6. The molecule has 0 aliphatic heterocycles. The Kier molecular flexibility index (Phi) is 3.51. The van der Waals surface area contributed by atoms with Crippen LogP contribution in [0, 0.1) is 15.9 Å². The summed E-state index contributed by atoms with van der Waals surface area (Å²) in [5.41, 5.74) is 0.603. The molecule has 0 aliphatic carbocycles. The summed E-state index contributed by atoms with van der Waals surface area (Å²) < 4.78 is 15.1. The minimum Gasteiger partial charge on any atom is -0.258 e. The van der Waals surface area contributed by atoms with Crippen LogP contribution in [-0.4, -0.2) is 24.9 Å². The number of hydrogen-bond acceptors (Lipinski definition) is 5. The molecule has 1 aromatic carbocycles. The highest BCUT2D eigenvalue weighted by Gasteiger charge is 2.14. The van der Waals surface area contributed by atoms with E-state index < -0.39 is 10.7 Å². The summed E-state index contributed by atoms with van der Waals surface area (Å²) in [4.78, 5) is 14.0. The van der Waals surface area contributed by atoms with Crippen molar-refractivity contribution in [1.29, 1.82) is 0 Å². The van der Waals surface area contributed by atoms with Crippen LogP contribution in [-0.2, 0) is 0 Å². The van der Waals surface area contributed by atoms with E-state index in [4.69, 9.17) is 11.6 Å². The first-order valence-corrected chi connectivity index (χ1v) is 6.42. The van der Waals surface area contributed by atoms with E-state index in [1.54, 1.807) is 18.2 Å². The Morgan fingerprint density at radius 2 is 2.05 bits per heavy atom. The van der Waals surface area contributed by atoms with Crippen LogP contribution in [0.5, 0.6) is 0 Å². The molecule has 0 saturated heterocycles. The lowest BCUT2D eigenvalue weighted by molar-refractivity contribution is -0.385. The Morgan fingerprint density at radius 1 is 1.23 bits per heavy atom. The van der Waals surface area contributed by atoms with Gasteiger partial charge < -0.3 is 0 Å². The molecule has 0 atom stereocenters. The summed E-state index contributed by atoms with van der Waals surface area (Å²) in [6.07, 6.45) is 1.46. The van der Waals surface area contributed by atoms with Gasteiger partial charge in [0.1, 0.15) is 16.5 Å². The molecule has 0 saturated carbocycles. The molecule has 2 aromatic heterocycles. The fourth-order valence-corrected chi connectivity index (χ4v) is 2.01. The molecule has 0 unspecified atom stereocenters. The Bertz CT molecular complexity index is 867. The second kappa shape index (κ2) is 5.49. The highest BCUT2D eigenvalue weighted by Crippen LogP contribution is 2.21. The predicted molar refractivity (Wildman–Crippen MR) is 76.2 cm³/mol. The molecule has 7 nitrogen and oxygen atoms in total. The van der Waals surface area contributed by atoms with E-state index in [-0.39, 0.29) is 11.4 Å². The van der Waals surface area contributed by atoms with Gasteiger partial charge in [0.2, 0.25) is 0 Å². The SMILES string of the molecule is O=[N+]([O-])c1ccc(-n2cc(-c3cccc(Cl)n3)nn2)c(F)c1. The minimum atomic E-state index is -0.773. The van der Waals surface area contributed by atoms with Gasteiger partial charge in [-0.15, -0.1) is 5.10 Å². The van der Waals surface area contributed by atoms with Gasteiger partial charge in [-0.25, -0.2) is 14.1 Å². The number of non-ortho nitro benzene ring substituents is 1. The summed E-state index contributed by atoms with van der Waals surface area (Å²) in [5.74, 6) is -0.773. The van der Waals surface area contributed by atoms with Crippen molar-refractivity contribution in [2.24, 2.45) is 0 Å². The summed E-state index contributed by atoms with van der Waals surface area (Å²) in [6, 6.07) is 8.29. The van der Waals surface area contributed by atoms with E-state index in [9.17, 15) is 14.5 Å². The summed E-state index contributed by atoms with van der Waals surface area (Å²) >= 11 is 5.80. The number of hydrogen-bond donors (Lipinski definition) is 0. The monoisotopic (exact) mass is 319 g/mol. The Labute approximate surface area is 128 Å². The van der Waals surface area contributed by atoms with E-state index in [1.807, 2.05) is 0 Å². The van der Waals surface area contributed by atoms with Crippen LogP contribution in [0.25, 0.3) is 17.1 Å². The third-order valence-electron chi connectivity index (χ3n) is 2.86. The van der Waals surface area contributed by atoms with Crippen molar-refractivity contribution in [3.05, 3.63) is 63.7 Å². The summed E-state index contributed by atoms with van der Waals surface area (Å²) in [7, 11) is 0. The standard InChI is InChI=1S/C13H7ClFN5O2/c14-13-3-1-2-10(16-13)11-7-19(18-17-11)12-5-4-8(20(21)22)6-9(12)15/h1-7H. The van der Waals surface area contributed by atoms with Gasteiger partial charge in [0.05, 0.1) is 22.9 Å². The van der Waals surface area contributed by atoms with E-state index in [0.29, 0.717) is 16.5 Å². The number of nitrogens with zero attached hydrogens (tertiary/aromatic N) is 5. The lowest BCUT2D eigenvalue weighted by Gasteiger charge is -2.01. The first-order valence-electron chi connectivity index (χ1n) is 6.04. The van der Waals surface area contributed by atoms with Crippen LogP contribution in [0.15, 0.2) is 42.6 Å². The van der Waals surface area contributed by atoms with Gasteiger partial charge in [-0.05, 0) is 18.2 Å². The van der Waals surface area contributed by atoms with Crippen molar-refractivity contribution < 1.29 is 9.31 Å². The Balaban J connectivity index is 1.99. The molecule has 0 amide bonds. The lowest BCUT2D eigenvalue weighted by atomic mass is 10.2. The minimum absolute atomic E-state index is 0.0476. The molecule has 22 heavy (non-hydrogen) atoms. The molecule has 0 bridgehead atoms. The van der Waals surface area contributed by atoms with Crippen LogP contribution in [0.3, 0.4) is 0 Å². The first kappa shape index (κ1) is 14.1. The molecule has 0 N–H and O–H groups in total. The van der Waals surface area contributed by atoms with Crippen LogP contribution in [0.2, 0.25) is 5.15 Å². The highest BCUT2D eigenvalue weighted by molar-refractivity contribution is 6.29. The quantitative estimate of drug-likeness (QED) is 0.420. The molecular formula is C13H7ClFN5O2. The van der Waals surface area contributed by atoms with Gasteiger partial charge in [-0.3, -0.25) is 10.1 Å². The van der Waals surface area contributed by atoms with E-state index in [0.717, 1.165) is 6.07 Å². The van der Waals surface area contributed by atoms with E-state index in [1.165, 1.54) is 23.0 Å². The molecule has 0 radical (unpaired) electrons. The van der Waals surface area contributed by atoms with Crippen molar-refractivity contribution in [2.45, 2.75) is 0 Å². The Hall–Kier alpha value is -2.87. The average Bonchev–Trinajstić information content (AvgIpc) is 2.96. The van der Waals surface area contributed by atoms with Gasteiger partial charge in [0.25, 0.3) is 5.69 Å². The lowest BCUT2D eigenvalue weighted by Crippen LogP contribution is -1.99. The third kappa shape index (κ3) is 2.63. The number of pyridine rings is 1. The molecule has 3 rings (SSSR count). The number of rotatable bonds is 3. The zero-order valence-corrected chi connectivity index (χ0v) is 11.6. The smallest absolute Gasteiger partial charge is 0.258 e. The number of nitro benzene ring substituents is 1. The second-order valence-electron chi connectivity index (χ2n) is 4.29. The third-order valence-corrected chi connectivity index (χ3v) is 3.07. The van der Waals surface area contributed by atoms with Gasteiger partial charge >= 0.3 is 0 Å². The van der Waals surface area contributed by atoms with Gasteiger partial charge in [-0.2, -0.15) is 0 Å². The van der Waals surface area contributed by atoms with Crippen LogP contribution < -0.4 is 0 Å². The molecule has 9 heteroatoms. The molecular weight excluding hydrogens is 313 g/mol. The van der Waals surface area contributed by atoms with Crippen LogP contribution >= 0.6 is 11.6 Å². The van der Waals surface area contributed by atoms with Gasteiger partial charge in [0, 0.05) is 6.07 Å². The van der Waals surface area contributed by atoms with Crippen molar-refractivity contribution in [3.63, 3.8) is 0 Å². The number of nitro groups is 1. The van der Waals surface area contributed by atoms with Gasteiger partial charge in [-0.1, -0.05) is 22.9 Å². The largest absolute Gasteiger partial charge is 0.272 e. The van der Waals surface area contributed by atoms with E-state index in [2.05, 4.69) is 15.3 Å². The molecule has 0 spiro atoms. The van der Waals surface area contributed by atoms with Crippen molar-refractivity contribution >= 4 is 17.3 Å². The first-order chi connectivity index (χ1) is 10.5. The van der Waals surface area contributed by atoms with Crippen LogP contribution in [0.1, 0.15) is 0 Å². The van der Waals surface area contributed by atoms with E-state index >= 15 is 0 Å². The zero-order valence-electron chi connectivity index (χ0n) is 10.8. The molecule has 0 aliphatic rings. The molecule has 2 heterocycles. The van der Waals surface area contributed by atoms with Crippen molar-refractivity contribution in [2.75, 3.05) is 0 Å². The van der Waals surface area contributed by atoms with Gasteiger partial charge in [0.15, 0.2) is 5.82 Å². The zero-order chi connectivity index (χ0) is 15.7.